The number of likely N-dealkylation sites (tertiary alicyclic amines) is 1. The smallest absolute Gasteiger partial charge is 0.223 e. The Morgan fingerprint density at radius 1 is 1.04 bits per heavy atom. The molecule has 0 radical (unpaired) electrons. The van der Waals surface area contributed by atoms with Crippen molar-refractivity contribution in [1.29, 1.82) is 0 Å². The van der Waals surface area contributed by atoms with Gasteiger partial charge in [-0.25, -0.2) is 0 Å². The molecular formula is C20H20BrNO2. The maximum atomic E-state index is 12.6. The Bertz CT molecular complexity index is 729. The van der Waals surface area contributed by atoms with Crippen LogP contribution in [0.5, 0.6) is 0 Å². The molecule has 2 aromatic rings. The van der Waals surface area contributed by atoms with E-state index in [1.807, 2.05) is 35.2 Å². The first-order chi connectivity index (χ1) is 11.6. The molecule has 0 unspecified atom stereocenters. The molecule has 1 aliphatic rings. The largest absolute Gasteiger partial charge is 0.336 e. The number of hydrogen-bond donors (Lipinski definition) is 0. The van der Waals surface area contributed by atoms with Gasteiger partial charge in [0.2, 0.25) is 5.91 Å². The van der Waals surface area contributed by atoms with Crippen LogP contribution in [0.15, 0.2) is 59.1 Å². The zero-order chi connectivity index (χ0) is 16.9. The molecule has 0 spiro atoms. The average Bonchev–Trinajstić information content (AvgIpc) is 3.10. The number of halogens is 1. The standard InChI is InChI=1S/C20H20BrNO2/c21-17-9-4-8-16(14-17)18-10-5-13-22(18)20(24)12-11-19(23)15-6-2-1-3-7-15/h1-4,6-9,14,18H,5,10-13H2/t18-/m1/s1. The number of ketones is 1. The molecule has 24 heavy (non-hydrogen) atoms. The van der Waals surface area contributed by atoms with Crippen molar-refractivity contribution in [2.45, 2.75) is 31.7 Å². The third-order valence-electron chi connectivity index (χ3n) is 4.47. The predicted octanol–water partition coefficient (Wildman–Crippen LogP) is 4.78. The molecule has 1 amide bonds. The van der Waals surface area contributed by atoms with E-state index in [2.05, 4.69) is 28.1 Å². The van der Waals surface area contributed by atoms with E-state index in [0.29, 0.717) is 5.56 Å². The van der Waals surface area contributed by atoms with E-state index >= 15 is 0 Å². The van der Waals surface area contributed by atoms with Gasteiger partial charge in [-0.05, 0) is 30.5 Å². The van der Waals surface area contributed by atoms with Crippen molar-refractivity contribution in [1.82, 2.24) is 4.90 Å². The molecule has 0 bridgehead atoms. The first kappa shape index (κ1) is 16.9. The number of Topliss-reactive ketones (excluding diaryl/α,β-unsaturated/α-hetero) is 1. The van der Waals surface area contributed by atoms with Crippen molar-refractivity contribution in [3.05, 3.63) is 70.2 Å². The molecule has 0 N–H and O–H groups in total. The maximum Gasteiger partial charge on any atom is 0.223 e. The summed E-state index contributed by atoms with van der Waals surface area (Å²) >= 11 is 3.49. The first-order valence-corrected chi connectivity index (χ1v) is 9.07. The molecule has 3 nitrogen and oxygen atoms in total. The summed E-state index contributed by atoms with van der Waals surface area (Å²) in [5, 5.41) is 0. The molecule has 1 atom stereocenters. The molecule has 0 aromatic heterocycles. The highest BCUT2D eigenvalue weighted by atomic mass is 79.9. The number of carbonyl (C=O) groups is 2. The molecular weight excluding hydrogens is 366 g/mol. The van der Waals surface area contributed by atoms with E-state index in [1.54, 1.807) is 12.1 Å². The molecule has 124 valence electrons. The zero-order valence-electron chi connectivity index (χ0n) is 13.5. The normalized spacial score (nSPS) is 17.0. The lowest BCUT2D eigenvalue weighted by Gasteiger charge is -2.25. The van der Waals surface area contributed by atoms with E-state index in [-0.39, 0.29) is 30.6 Å². The van der Waals surface area contributed by atoms with Crippen LogP contribution in [-0.4, -0.2) is 23.1 Å². The van der Waals surface area contributed by atoms with Crippen molar-refractivity contribution >= 4 is 27.6 Å². The van der Waals surface area contributed by atoms with E-state index in [9.17, 15) is 9.59 Å². The first-order valence-electron chi connectivity index (χ1n) is 8.28. The summed E-state index contributed by atoms with van der Waals surface area (Å²) in [6.07, 6.45) is 2.53. The number of hydrogen-bond acceptors (Lipinski definition) is 2. The summed E-state index contributed by atoms with van der Waals surface area (Å²) < 4.78 is 1.03. The fraction of sp³-hybridized carbons (Fsp3) is 0.300. The van der Waals surface area contributed by atoms with Crippen LogP contribution in [0.25, 0.3) is 0 Å². The quantitative estimate of drug-likeness (QED) is 0.694. The Balaban J connectivity index is 1.63. The van der Waals surface area contributed by atoms with Crippen LogP contribution in [-0.2, 0) is 4.79 Å². The van der Waals surface area contributed by atoms with Gasteiger partial charge in [0.05, 0.1) is 6.04 Å². The van der Waals surface area contributed by atoms with Crippen molar-refractivity contribution < 1.29 is 9.59 Å². The van der Waals surface area contributed by atoms with Crippen molar-refractivity contribution in [2.24, 2.45) is 0 Å². The van der Waals surface area contributed by atoms with Gasteiger partial charge in [-0.2, -0.15) is 0 Å². The molecule has 1 heterocycles. The van der Waals surface area contributed by atoms with Gasteiger partial charge in [-0.3, -0.25) is 9.59 Å². The summed E-state index contributed by atoms with van der Waals surface area (Å²) in [6.45, 7) is 0.773. The highest BCUT2D eigenvalue weighted by Gasteiger charge is 2.29. The summed E-state index contributed by atoms with van der Waals surface area (Å²) in [7, 11) is 0. The molecule has 4 heteroatoms. The molecule has 1 saturated heterocycles. The number of benzene rings is 2. The summed E-state index contributed by atoms with van der Waals surface area (Å²) in [5.41, 5.74) is 1.83. The Morgan fingerprint density at radius 2 is 1.83 bits per heavy atom. The van der Waals surface area contributed by atoms with Crippen LogP contribution in [0.3, 0.4) is 0 Å². The molecule has 2 aromatic carbocycles. The minimum absolute atomic E-state index is 0.0298. The lowest BCUT2D eigenvalue weighted by Crippen LogP contribution is -2.30. The number of amides is 1. The van der Waals surface area contributed by atoms with Gasteiger partial charge < -0.3 is 4.90 Å². The van der Waals surface area contributed by atoms with Crippen LogP contribution in [0.4, 0.5) is 0 Å². The molecule has 3 rings (SSSR count). The van der Waals surface area contributed by atoms with Crippen molar-refractivity contribution in [3.63, 3.8) is 0 Å². The Hall–Kier alpha value is -1.94. The maximum absolute atomic E-state index is 12.6. The van der Waals surface area contributed by atoms with Gasteiger partial charge in [-0.15, -0.1) is 0 Å². The van der Waals surface area contributed by atoms with Gasteiger partial charge in [0.15, 0.2) is 5.78 Å². The van der Waals surface area contributed by atoms with E-state index in [0.717, 1.165) is 29.4 Å². The zero-order valence-corrected chi connectivity index (χ0v) is 15.0. The SMILES string of the molecule is O=C(CCC(=O)N1CCC[C@@H]1c1cccc(Br)c1)c1ccccc1. The fourth-order valence-electron chi connectivity index (χ4n) is 3.26. The van der Waals surface area contributed by atoms with Gasteiger partial charge in [0, 0.05) is 29.4 Å². The number of carbonyl (C=O) groups excluding carboxylic acids is 2. The van der Waals surface area contributed by atoms with E-state index in [1.165, 1.54) is 0 Å². The van der Waals surface area contributed by atoms with Crippen molar-refractivity contribution in [2.75, 3.05) is 6.54 Å². The lowest BCUT2D eigenvalue weighted by atomic mass is 10.0. The lowest BCUT2D eigenvalue weighted by molar-refractivity contribution is -0.132. The monoisotopic (exact) mass is 385 g/mol. The van der Waals surface area contributed by atoms with Gasteiger partial charge in [0.25, 0.3) is 0 Å². The van der Waals surface area contributed by atoms with Gasteiger partial charge in [-0.1, -0.05) is 58.4 Å². The Kier molecular flexibility index (Phi) is 5.46. The minimum atomic E-state index is 0.0298. The third kappa shape index (κ3) is 3.93. The van der Waals surface area contributed by atoms with E-state index in [4.69, 9.17) is 0 Å². The summed E-state index contributed by atoms with van der Waals surface area (Å²) in [5.74, 6) is 0.101. The number of nitrogens with zero attached hydrogens (tertiary/aromatic N) is 1. The Morgan fingerprint density at radius 3 is 2.58 bits per heavy atom. The van der Waals surface area contributed by atoms with Gasteiger partial charge in [0.1, 0.15) is 0 Å². The molecule has 1 aliphatic heterocycles. The van der Waals surface area contributed by atoms with Crippen LogP contribution in [0, 0.1) is 0 Å². The summed E-state index contributed by atoms with van der Waals surface area (Å²) in [4.78, 5) is 26.7. The molecule has 1 fully saturated rings. The second kappa shape index (κ2) is 7.75. The summed E-state index contributed by atoms with van der Waals surface area (Å²) in [6, 6.07) is 17.4. The third-order valence-corrected chi connectivity index (χ3v) is 4.96. The topological polar surface area (TPSA) is 37.4 Å². The van der Waals surface area contributed by atoms with Crippen LogP contribution in [0.2, 0.25) is 0 Å². The predicted molar refractivity (Wildman–Crippen MR) is 97.8 cm³/mol. The van der Waals surface area contributed by atoms with Gasteiger partial charge >= 0.3 is 0 Å². The molecule has 0 aliphatic carbocycles. The number of rotatable bonds is 5. The van der Waals surface area contributed by atoms with Crippen LogP contribution < -0.4 is 0 Å². The fourth-order valence-corrected chi connectivity index (χ4v) is 3.68. The average molecular weight is 386 g/mol. The van der Waals surface area contributed by atoms with Crippen LogP contribution >= 0.6 is 15.9 Å². The second-order valence-electron chi connectivity index (χ2n) is 6.09. The highest BCUT2D eigenvalue weighted by Crippen LogP contribution is 2.33. The minimum Gasteiger partial charge on any atom is -0.336 e. The Labute approximate surface area is 150 Å². The molecule has 0 saturated carbocycles. The van der Waals surface area contributed by atoms with E-state index < -0.39 is 0 Å². The second-order valence-corrected chi connectivity index (χ2v) is 7.01. The van der Waals surface area contributed by atoms with Crippen molar-refractivity contribution in [3.8, 4) is 0 Å². The van der Waals surface area contributed by atoms with Crippen LogP contribution in [0.1, 0.15) is 47.6 Å². The highest BCUT2D eigenvalue weighted by molar-refractivity contribution is 9.10.